The zero-order valence-corrected chi connectivity index (χ0v) is 14.9. The van der Waals surface area contributed by atoms with Crippen LogP contribution in [0.3, 0.4) is 0 Å². The van der Waals surface area contributed by atoms with Crippen molar-refractivity contribution < 1.29 is 0 Å². The number of nitrogens with zero attached hydrogens (tertiary/aromatic N) is 1. The van der Waals surface area contributed by atoms with E-state index in [1.54, 1.807) is 11.3 Å². The van der Waals surface area contributed by atoms with Crippen molar-refractivity contribution in [3.63, 3.8) is 0 Å². The molecule has 2 heteroatoms. The largest absolute Gasteiger partial charge is 0.236 e. The molecule has 1 aromatic heterocycles. The van der Waals surface area contributed by atoms with Crippen LogP contribution in [0.25, 0.3) is 21.8 Å². The molecule has 0 fully saturated rings. The van der Waals surface area contributed by atoms with Crippen LogP contribution in [-0.4, -0.2) is 4.98 Å². The second-order valence-electron chi connectivity index (χ2n) is 4.27. The number of aryl methyl sites for hydroxylation is 1. The van der Waals surface area contributed by atoms with Crippen LogP contribution in [0.5, 0.6) is 0 Å². The molecule has 0 aliphatic rings. The third kappa shape index (κ3) is 4.81. The molecule has 1 nitrogen and oxygen atoms in total. The van der Waals surface area contributed by atoms with E-state index in [0.717, 1.165) is 10.7 Å². The molecular weight excluding hydrogens is 286 g/mol. The van der Waals surface area contributed by atoms with Crippen LogP contribution < -0.4 is 0 Å². The van der Waals surface area contributed by atoms with E-state index in [2.05, 4.69) is 48.7 Å². The van der Waals surface area contributed by atoms with Gasteiger partial charge < -0.3 is 0 Å². The SMILES string of the molecule is CC.CC.Cc1ccc(-c2csc(-c3ccccc3)n2)cc1. The normalized spacial score (nSPS) is 9.14. The molecule has 0 saturated carbocycles. The second-order valence-corrected chi connectivity index (χ2v) is 5.13. The lowest BCUT2D eigenvalue weighted by Gasteiger charge is -1.97. The molecule has 3 aromatic rings. The van der Waals surface area contributed by atoms with Gasteiger partial charge in [-0.1, -0.05) is 87.9 Å². The summed E-state index contributed by atoms with van der Waals surface area (Å²) in [5.74, 6) is 0. The lowest BCUT2D eigenvalue weighted by molar-refractivity contribution is 1.39. The Balaban J connectivity index is 0.000000561. The summed E-state index contributed by atoms with van der Waals surface area (Å²) in [6, 6.07) is 18.8. The Kier molecular flexibility index (Phi) is 8.16. The Morgan fingerprint density at radius 3 is 1.91 bits per heavy atom. The molecule has 116 valence electrons. The number of rotatable bonds is 2. The van der Waals surface area contributed by atoms with Crippen molar-refractivity contribution in [1.82, 2.24) is 4.98 Å². The average molecular weight is 311 g/mol. The molecule has 0 radical (unpaired) electrons. The summed E-state index contributed by atoms with van der Waals surface area (Å²) in [6.07, 6.45) is 0. The van der Waals surface area contributed by atoms with E-state index in [-0.39, 0.29) is 0 Å². The molecule has 1 heterocycles. The van der Waals surface area contributed by atoms with E-state index in [9.17, 15) is 0 Å². The highest BCUT2D eigenvalue weighted by Crippen LogP contribution is 2.28. The smallest absolute Gasteiger partial charge is 0.124 e. The summed E-state index contributed by atoms with van der Waals surface area (Å²) in [4.78, 5) is 4.70. The van der Waals surface area contributed by atoms with Gasteiger partial charge in [0, 0.05) is 16.5 Å². The Labute approximate surface area is 138 Å². The highest BCUT2D eigenvalue weighted by molar-refractivity contribution is 7.13. The molecule has 22 heavy (non-hydrogen) atoms. The Morgan fingerprint density at radius 1 is 0.727 bits per heavy atom. The maximum absolute atomic E-state index is 4.70. The molecule has 0 aliphatic carbocycles. The lowest BCUT2D eigenvalue weighted by Crippen LogP contribution is -1.79. The van der Waals surface area contributed by atoms with Crippen LogP contribution in [0.2, 0.25) is 0 Å². The fourth-order valence-corrected chi connectivity index (χ4v) is 2.68. The van der Waals surface area contributed by atoms with Gasteiger partial charge in [-0.15, -0.1) is 11.3 Å². The maximum atomic E-state index is 4.70. The standard InChI is InChI=1S/C16H13NS.2C2H6/c1-12-7-9-13(10-8-12)15-11-18-16(17-15)14-5-3-2-4-6-14;2*1-2/h2-11H,1H3;2*1-2H3. The van der Waals surface area contributed by atoms with Crippen LogP contribution >= 0.6 is 11.3 Å². The first-order chi connectivity index (χ1) is 10.8. The van der Waals surface area contributed by atoms with Gasteiger partial charge in [-0.25, -0.2) is 4.98 Å². The Hall–Kier alpha value is -1.93. The lowest BCUT2D eigenvalue weighted by atomic mass is 10.1. The Morgan fingerprint density at radius 2 is 1.32 bits per heavy atom. The first kappa shape index (κ1) is 18.1. The number of thiazole rings is 1. The molecule has 0 bridgehead atoms. The van der Waals surface area contributed by atoms with E-state index >= 15 is 0 Å². The van der Waals surface area contributed by atoms with Gasteiger partial charge in [-0.2, -0.15) is 0 Å². The zero-order valence-electron chi connectivity index (χ0n) is 14.1. The first-order valence-corrected chi connectivity index (χ1v) is 8.79. The van der Waals surface area contributed by atoms with Crippen LogP contribution in [-0.2, 0) is 0 Å². The van der Waals surface area contributed by atoms with Crippen molar-refractivity contribution >= 4 is 11.3 Å². The van der Waals surface area contributed by atoms with Crippen LogP contribution in [0.1, 0.15) is 33.3 Å². The number of aromatic nitrogens is 1. The first-order valence-electron chi connectivity index (χ1n) is 7.91. The predicted octanol–water partition coefficient (Wildman–Crippen LogP) is 6.84. The van der Waals surface area contributed by atoms with E-state index in [4.69, 9.17) is 4.98 Å². The van der Waals surface area contributed by atoms with Crippen molar-refractivity contribution in [1.29, 1.82) is 0 Å². The molecule has 2 aromatic carbocycles. The van der Waals surface area contributed by atoms with E-state index in [1.165, 1.54) is 16.7 Å². The number of benzene rings is 2. The average Bonchev–Trinajstić information content (AvgIpc) is 3.10. The minimum atomic E-state index is 1.05. The summed E-state index contributed by atoms with van der Waals surface area (Å²) in [5, 5.41) is 3.19. The minimum absolute atomic E-state index is 1.05. The van der Waals surface area contributed by atoms with Crippen LogP contribution in [0.15, 0.2) is 60.0 Å². The zero-order chi connectivity index (χ0) is 16.4. The van der Waals surface area contributed by atoms with Gasteiger partial charge in [-0.3, -0.25) is 0 Å². The topological polar surface area (TPSA) is 12.9 Å². The third-order valence-corrected chi connectivity index (χ3v) is 3.76. The van der Waals surface area contributed by atoms with Crippen molar-refractivity contribution in [2.45, 2.75) is 34.6 Å². The third-order valence-electron chi connectivity index (χ3n) is 2.87. The van der Waals surface area contributed by atoms with Gasteiger partial charge in [0.25, 0.3) is 0 Å². The van der Waals surface area contributed by atoms with Gasteiger partial charge in [0.05, 0.1) is 5.69 Å². The Bertz CT molecular complexity index is 639. The van der Waals surface area contributed by atoms with Crippen molar-refractivity contribution in [2.24, 2.45) is 0 Å². The molecule has 0 atom stereocenters. The maximum Gasteiger partial charge on any atom is 0.124 e. The molecule has 0 aliphatic heterocycles. The molecule has 3 rings (SSSR count). The summed E-state index contributed by atoms with van der Waals surface area (Å²) >= 11 is 1.69. The molecule has 0 amide bonds. The summed E-state index contributed by atoms with van der Waals surface area (Å²) in [6.45, 7) is 10.1. The highest BCUT2D eigenvalue weighted by Gasteiger charge is 2.05. The summed E-state index contributed by atoms with van der Waals surface area (Å²) in [7, 11) is 0. The second kappa shape index (κ2) is 9.91. The van der Waals surface area contributed by atoms with E-state index < -0.39 is 0 Å². The van der Waals surface area contributed by atoms with E-state index in [0.29, 0.717) is 0 Å². The van der Waals surface area contributed by atoms with Crippen LogP contribution in [0, 0.1) is 6.92 Å². The quantitative estimate of drug-likeness (QED) is 0.505. The van der Waals surface area contributed by atoms with Gasteiger partial charge in [0.1, 0.15) is 5.01 Å². The highest BCUT2D eigenvalue weighted by atomic mass is 32.1. The molecule has 0 spiro atoms. The van der Waals surface area contributed by atoms with Crippen LogP contribution in [0.4, 0.5) is 0 Å². The van der Waals surface area contributed by atoms with E-state index in [1.807, 2.05) is 45.9 Å². The monoisotopic (exact) mass is 311 g/mol. The van der Waals surface area contributed by atoms with Gasteiger partial charge in [-0.05, 0) is 6.92 Å². The summed E-state index contributed by atoms with van der Waals surface area (Å²) in [5.41, 5.74) is 4.69. The minimum Gasteiger partial charge on any atom is -0.236 e. The number of hydrogen-bond donors (Lipinski definition) is 0. The van der Waals surface area contributed by atoms with Gasteiger partial charge in [0.2, 0.25) is 0 Å². The van der Waals surface area contributed by atoms with Crippen molar-refractivity contribution in [3.05, 3.63) is 65.5 Å². The fourth-order valence-electron chi connectivity index (χ4n) is 1.84. The molecule has 0 saturated heterocycles. The fraction of sp³-hybridized carbons (Fsp3) is 0.250. The molecule has 0 N–H and O–H groups in total. The predicted molar refractivity (Wildman–Crippen MR) is 100 cm³/mol. The summed E-state index contributed by atoms with van der Waals surface area (Å²) < 4.78 is 0. The van der Waals surface area contributed by atoms with Crippen molar-refractivity contribution in [2.75, 3.05) is 0 Å². The molecular formula is C20H25NS. The number of hydrogen-bond acceptors (Lipinski definition) is 2. The van der Waals surface area contributed by atoms with Gasteiger partial charge in [0.15, 0.2) is 0 Å². The van der Waals surface area contributed by atoms with Gasteiger partial charge >= 0.3 is 0 Å². The molecule has 0 unspecified atom stereocenters. The van der Waals surface area contributed by atoms with Crippen molar-refractivity contribution in [3.8, 4) is 21.8 Å².